The Bertz CT molecular complexity index is 758. The van der Waals surface area contributed by atoms with Gasteiger partial charge in [-0.25, -0.2) is 8.42 Å². The smallest absolute Gasteiger partial charge is 0.194 e. The van der Waals surface area contributed by atoms with Gasteiger partial charge in [-0.1, -0.05) is 28.9 Å². The van der Waals surface area contributed by atoms with E-state index in [4.69, 9.17) is 0 Å². The third kappa shape index (κ3) is 3.98. The summed E-state index contributed by atoms with van der Waals surface area (Å²) in [4.78, 5) is 16.2. The highest BCUT2D eigenvalue weighted by Gasteiger charge is 2.15. The van der Waals surface area contributed by atoms with E-state index in [1.807, 2.05) is 0 Å². The topological polar surface area (TPSA) is 64.1 Å². The van der Waals surface area contributed by atoms with Crippen molar-refractivity contribution in [2.75, 3.05) is 5.75 Å². The first-order valence-electron chi connectivity index (χ1n) is 6.36. The largest absolute Gasteiger partial charge is 0.289 e. The molecule has 0 spiro atoms. The lowest BCUT2D eigenvalue weighted by atomic mass is 10.0. The van der Waals surface area contributed by atoms with E-state index in [1.165, 1.54) is 0 Å². The van der Waals surface area contributed by atoms with Gasteiger partial charge in [0.15, 0.2) is 15.6 Å². The van der Waals surface area contributed by atoms with Crippen molar-refractivity contribution < 1.29 is 13.2 Å². The number of sulfone groups is 1. The molecule has 0 saturated carbocycles. The molecule has 0 N–H and O–H groups in total. The number of aromatic nitrogens is 1. The zero-order valence-electron chi connectivity index (χ0n) is 11.4. The van der Waals surface area contributed by atoms with E-state index in [0.717, 1.165) is 0 Å². The predicted octanol–water partition coefficient (Wildman–Crippen LogP) is 3.01. The van der Waals surface area contributed by atoms with Gasteiger partial charge in [-0.15, -0.1) is 0 Å². The van der Waals surface area contributed by atoms with Crippen molar-refractivity contribution in [3.63, 3.8) is 0 Å². The second kappa shape index (κ2) is 6.49. The minimum Gasteiger partial charge on any atom is -0.289 e. The summed E-state index contributed by atoms with van der Waals surface area (Å²) in [6.45, 7) is 1.62. The number of benzene rings is 1. The normalized spacial score (nSPS) is 11.3. The molecule has 0 amide bonds. The molecular formula is C15H14BrNO3S. The molecule has 0 aliphatic heterocycles. The van der Waals surface area contributed by atoms with E-state index in [9.17, 15) is 13.2 Å². The molecule has 0 aliphatic rings. The summed E-state index contributed by atoms with van der Waals surface area (Å²) in [5.41, 5.74) is 1.70. The SMILES string of the molecule is CCS(=O)(=O)Cc1ccc(C(=O)c2ccncc2)c(Br)c1. The maximum Gasteiger partial charge on any atom is 0.194 e. The number of halogens is 1. The number of ketones is 1. The highest BCUT2D eigenvalue weighted by atomic mass is 79.9. The second-order valence-corrected chi connectivity index (χ2v) is 7.76. The third-order valence-corrected chi connectivity index (χ3v) is 5.36. The number of hydrogen-bond donors (Lipinski definition) is 0. The molecule has 1 aromatic heterocycles. The molecule has 110 valence electrons. The van der Waals surface area contributed by atoms with E-state index < -0.39 is 9.84 Å². The molecule has 0 saturated heterocycles. The lowest BCUT2D eigenvalue weighted by Gasteiger charge is -2.07. The molecule has 1 aromatic carbocycles. The lowest BCUT2D eigenvalue weighted by molar-refractivity contribution is 0.103. The minimum absolute atomic E-state index is 0.0220. The highest BCUT2D eigenvalue weighted by molar-refractivity contribution is 9.10. The molecule has 0 atom stereocenters. The summed E-state index contributed by atoms with van der Waals surface area (Å²) in [6.07, 6.45) is 3.12. The van der Waals surface area contributed by atoms with Crippen LogP contribution >= 0.6 is 15.9 Å². The van der Waals surface area contributed by atoms with Crippen molar-refractivity contribution >= 4 is 31.6 Å². The van der Waals surface area contributed by atoms with Crippen molar-refractivity contribution in [1.29, 1.82) is 0 Å². The Labute approximate surface area is 132 Å². The summed E-state index contributed by atoms with van der Waals surface area (Å²) in [5.74, 6) is -0.0529. The summed E-state index contributed by atoms with van der Waals surface area (Å²) in [6, 6.07) is 8.29. The number of rotatable bonds is 5. The molecule has 0 radical (unpaired) electrons. The van der Waals surface area contributed by atoms with Crippen molar-refractivity contribution in [3.05, 3.63) is 63.9 Å². The average Bonchev–Trinajstić information content (AvgIpc) is 2.47. The zero-order chi connectivity index (χ0) is 15.5. The Kier molecular flexibility index (Phi) is 4.90. The molecule has 4 nitrogen and oxygen atoms in total. The Hall–Kier alpha value is -1.53. The van der Waals surface area contributed by atoms with Crippen LogP contribution in [0.25, 0.3) is 0 Å². The van der Waals surface area contributed by atoms with Crippen LogP contribution in [-0.4, -0.2) is 24.9 Å². The van der Waals surface area contributed by atoms with Crippen LogP contribution in [0.5, 0.6) is 0 Å². The van der Waals surface area contributed by atoms with Crippen LogP contribution in [0.4, 0.5) is 0 Å². The summed E-state index contributed by atoms with van der Waals surface area (Å²) in [5, 5.41) is 0. The molecule has 2 rings (SSSR count). The van der Waals surface area contributed by atoms with Gasteiger partial charge in [0, 0.05) is 33.7 Å². The maximum absolute atomic E-state index is 12.3. The summed E-state index contributed by atoms with van der Waals surface area (Å²) in [7, 11) is -3.09. The number of pyridine rings is 1. The number of hydrogen-bond acceptors (Lipinski definition) is 4. The first kappa shape index (κ1) is 15.9. The fourth-order valence-electron chi connectivity index (χ4n) is 1.85. The van der Waals surface area contributed by atoms with Gasteiger partial charge in [-0.3, -0.25) is 9.78 Å². The van der Waals surface area contributed by atoms with Gasteiger partial charge in [-0.05, 0) is 29.8 Å². The van der Waals surface area contributed by atoms with E-state index in [0.29, 0.717) is 21.2 Å². The minimum atomic E-state index is -3.09. The van der Waals surface area contributed by atoms with Crippen LogP contribution in [0, 0.1) is 0 Å². The molecule has 6 heteroatoms. The van der Waals surface area contributed by atoms with Crippen molar-refractivity contribution in [3.8, 4) is 0 Å². The molecule has 0 fully saturated rings. The van der Waals surface area contributed by atoms with Gasteiger partial charge in [0.25, 0.3) is 0 Å². The van der Waals surface area contributed by atoms with Gasteiger partial charge >= 0.3 is 0 Å². The Morgan fingerprint density at radius 3 is 2.43 bits per heavy atom. The van der Waals surface area contributed by atoms with E-state index >= 15 is 0 Å². The summed E-state index contributed by atoms with van der Waals surface area (Å²) < 4.78 is 23.9. The third-order valence-electron chi connectivity index (χ3n) is 3.05. The van der Waals surface area contributed by atoms with Gasteiger partial charge in [0.05, 0.1) is 5.75 Å². The van der Waals surface area contributed by atoms with Crippen LogP contribution in [-0.2, 0) is 15.6 Å². The van der Waals surface area contributed by atoms with Gasteiger partial charge in [0.2, 0.25) is 0 Å². The van der Waals surface area contributed by atoms with Gasteiger partial charge < -0.3 is 0 Å². The quantitative estimate of drug-likeness (QED) is 0.761. The molecule has 1 heterocycles. The first-order valence-corrected chi connectivity index (χ1v) is 8.98. The van der Waals surface area contributed by atoms with E-state index in [2.05, 4.69) is 20.9 Å². The van der Waals surface area contributed by atoms with Crippen LogP contribution in [0.2, 0.25) is 0 Å². The fourth-order valence-corrected chi connectivity index (χ4v) is 3.35. The van der Waals surface area contributed by atoms with E-state index in [-0.39, 0.29) is 17.3 Å². The number of carbonyl (C=O) groups is 1. The maximum atomic E-state index is 12.3. The zero-order valence-corrected chi connectivity index (χ0v) is 13.8. The number of nitrogens with zero attached hydrogens (tertiary/aromatic N) is 1. The molecule has 2 aromatic rings. The Morgan fingerprint density at radius 1 is 1.19 bits per heavy atom. The standard InChI is InChI=1S/C15H14BrNO3S/c1-2-21(19,20)10-11-3-4-13(14(16)9-11)15(18)12-5-7-17-8-6-12/h3-9H,2,10H2,1H3. The molecular weight excluding hydrogens is 354 g/mol. The van der Waals surface area contributed by atoms with Crippen LogP contribution in [0.3, 0.4) is 0 Å². The monoisotopic (exact) mass is 367 g/mol. The Morgan fingerprint density at radius 2 is 1.86 bits per heavy atom. The van der Waals surface area contributed by atoms with Crippen LogP contribution < -0.4 is 0 Å². The van der Waals surface area contributed by atoms with Crippen LogP contribution in [0.1, 0.15) is 28.4 Å². The van der Waals surface area contributed by atoms with Crippen molar-refractivity contribution in [1.82, 2.24) is 4.98 Å². The predicted molar refractivity (Wildman–Crippen MR) is 85.0 cm³/mol. The molecule has 0 bridgehead atoms. The molecule has 0 aliphatic carbocycles. The van der Waals surface area contributed by atoms with Gasteiger partial charge in [0.1, 0.15) is 0 Å². The van der Waals surface area contributed by atoms with Gasteiger partial charge in [-0.2, -0.15) is 0 Å². The van der Waals surface area contributed by atoms with E-state index in [1.54, 1.807) is 49.6 Å². The van der Waals surface area contributed by atoms with Crippen molar-refractivity contribution in [2.24, 2.45) is 0 Å². The average molecular weight is 368 g/mol. The summed E-state index contributed by atoms with van der Waals surface area (Å²) >= 11 is 3.34. The fraction of sp³-hybridized carbons (Fsp3) is 0.200. The first-order chi connectivity index (χ1) is 9.93. The lowest BCUT2D eigenvalue weighted by Crippen LogP contribution is -2.08. The van der Waals surface area contributed by atoms with Crippen molar-refractivity contribution in [2.45, 2.75) is 12.7 Å². The second-order valence-electron chi connectivity index (χ2n) is 4.56. The molecule has 21 heavy (non-hydrogen) atoms. The highest BCUT2D eigenvalue weighted by Crippen LogP contribution is 2.22. The number of carbonyl (C=O) groups excluding carboxylic acids is 1. The Balaban J connectivity index is 2.30. The van der Waals surface area contributed by atoms with Crippen LogP contribution in [0.15, 0.2) is 47.2 Å². The molecule has 0 unspecified atom stereocenters.